The van der Waals surface area contributed by atoms with Gasteiger partial charge in [0, 0.05) is 13.2 Å². The number of hydrogen-bond acceptors (Lipinski definition) is 4. The minimum atomic E-state index is -0.298. The summed E-state index contributed by atoms with van der Waals surface area (Å²) in [4.78, 5) is 2.47. The minimum absolute atomic E-state index is 0.288. The first-order chi connectivity index (χ1) is 11.3. The Morgan fingerprint density at radius 2 is 1.58 bits per heavy atom. The summed E-state index contributed by atoms with van der Waals surface area (Å²) in [6.07, 6.45) is 2.20. The average Bonchev–Trinajstić information content (AvgIpc) is 2.77. The van der Waals surface area contributed by atoms with Crippen LogP contribution in [0.5, 0.6) is 0 Å². The number of nitrogens with zero attached hydrogens (tertiary/aromatic N) is 1. The first-order valence-electron chi connectivity index (χ1n) is 9.08. The van der Waals surface area contributed by atoms with E-state index in [9.17, 15) is 5.11 Å². The molecule has 0 atom stereocenters. The zero-order chi connectivity index (χ0) is 17.4. The highest BCUT2D eigenvalue weighted by Crippen LogP contribution is 2.36. The van der Waals surface area contributed by atoms with Crippen LogP contribution in [0.3, 0.4) is 0 Å². The Bertz CT molecular complexity index is 534. The molecule has 2 saturated heterocycles. The molecule has 2 fully saturated rings. The molecular weight excluding hydrogens is 301 g/mol. The van der Waals surface area contributed by atoms with Crippen LogP contribution in [0.1, 0.15) is 46.1 Å². The molecule has 0 unspecified atom stereocenters. The molecule has 24 heavy (non-hydrogen) atoms. The van der Waals surface area contributed by atoms with E-state index in [2.05, 4.69) is 56.9 Å². The Morgan fingerprint density at radius 3 is 2.08 bits per heavy atom. The van der Waals surface area contributed by atoms with E-state index >= 15 is 0 Å². The molecule has 4 nitrogen and oxygen atoms in total. The molecule has 0 amide bonds. The van der Waals surface area contributed by atoms with E-state index in [1.54, 1.807) is 0 Å². The van der Waals surface area contributed by atoms with Gasteiger partial charge in [-0.1, -0.05) is 24.3 Å². The van der Waals surface area contributed by atoms with E-state index in [0.29, 0.717) is 12.5 Å². The first kappa shape index (κ1) is 17.9. The fourth-order valence-corrected chi connectivity index (χ4v) is 3.34. The van der Waals surface area contributed by atoms with E-state index in [0.717, 1.165) is 37.9 Å². The van der Waals surface area contributed by atoms with E-state index < -0.39 is 0 Å². The lowest BCUT2D eigenvalue weighted by molar-refractivity contribution is 0.00578. The van der Waals surface area contributed by atoms with Crippen LogP contribution < -0.4 is 5.46 Å². The SMILES string of the molecule is CC1(C)OB(c2ccc(CN3CCC(CO)CC3)cc2)OC1(C)C. The van der Waals surface area contributed by atoms with Gasteiger partial charge in [0.25, 0.3) is 0 Å². The van der Waals surface area contributed by atoms with Crippen molar-refractivity contribution in [1.82, 2.24) is 4.90 Å². The van der Waals surface area contributed by atoms with Gasteiger partial charge in [0.15, 0.2) is 0 Å². The van der Waals surface area contributed by atoms with E-state index in [1.165, 1.54) is 5.56 Å². The number of hydrogen-bond donors (Lipinski definition) is 1. The van der Waals surface area contributed by atoms with Crippen molar-refractivity contribution in [3.8, 4) is 0 Å². The van der Waals surface area contributed by atoms with Crippen LogP contribution in [-0.2, 0) is 15.9 Å². The Hall–Kier alpha value is -0.875. The van der Waals surface area contributed by atoms with E-state index in [-0.39, 0.29) is 18.3 Å². The summed E-state index contributed by atoms with van der Waals surface area (Å²) < 4.78 is 12.2. The van der Waals surface area contributed by atoms with Crippen LogP contribution in [0, 0.1) is 5.92 Å². The Labute approximate surface area is 146 Å². The van der Waals surface area contributed by atoms with Crippen LogP contribution >= 0.6 is 0 Å². The molecule has 132 valence electrons. The zero-order valence-electron chi connectivity index (χ0n) is 15.4. The second-order valence-electron chi connectivity index (χ2n) is 8.23. The summed E-state index contributed by atoms with van der Waals surface area (Å²) in [5.74, 6) is 0.493. The molecule has 0 saturated carbocycles. The number of likely N-dealkylation sites (tertiary alicyclic amines) is 1. The van der Waals surface area contributed by atoms with Crippen molar-refractivity contribution in [2.75, 3.05) is 19.7 Å². The van der Waals surface area contributed by atoms with Gasteiger partial charge in [-0.2, -0.15) is 0 Å². The van der Waals surface area contributed by atoms with Gasteiger partial charge in [0.05, 0.1) is 11.2 Å². The maximum Gasteiger partial charge on any atom is 0.494 e. The molecule has 0 bridgehead atoms. The van der Waals surface area contributed by atoms with Gasteiger partial charge in [-0.25, -0.2) is 0 Å². The normalized spacial score (nSPS) is 24.5. The number of benzene rings is 1. The van der Waals surface area contributed by atoms with Crippen molar-refractivity contribution >= 4 is 12.6 Å². The lowest BCUT2D eigenvalue weighted by Gasteiger charge is -2.32. The predicted molar refractivity (Wildman–Crippen MR) is 97.2 cm³/mol. The summed E-state index contributed by atoms with van der Waals surface area (Å²) in [7, 11) is -0.288. The van der Waals surface area contributed by atoms with Crippen molar-refractivity contribution in [2.24, 2.45) is 5.92 Å². The quantitative estimate of drug-likeness (QED) is 0.859. The number of piperidine rings is 1. The van der Waals surface area contributed by atoms with Gasteiger partial charge in [0.1, 0.15) is 0 Å². The summed E-state index contributed by atoms with van der Waals surface area (Å²) in [6.45, 7) is 11.8. The summed E-state index contributed by atoms with van der Waals surface area (Å²) in [5.41, 5.74) is 1.80. The Balaban J connectivity index is 1.59. The van der Waals surface area contributed by atoms with Crippen LogP contribution in [0.15, 0.2) is 24.3 Å². The third kappa shape index (κ3) is 3.69. The number of rotatable bonds is 4. The fourth-order valence-electron chi connectivity index (χ4n) is 3.34. The highest BCUT2D eigenvalue weighted by atomic mass is 16.7. The Morgan fingerprint density at radius 1 is 1.04 bits per heavy atom. The topological polar surface area (TPSA) is 41.9 Å². The lowest BCUT2D eigenvalue weighted by Crippen LogP contribution is -2.41. The van der Waals surface area contributed by atoms with Crippen molar-refractivity contribution in [1.29, 1.82) is 0 Å². The summed E-state index contributed by atoms with van der Waals surface area (Å²) >= 11 is 0. The van der Waals surface area contributed by atoms with E-state index in [1.807, 2.05) is 0 Å². The van der Waals surface area contributed by atoms with Crippen molar-refractivity contribution in [2.45, 2.75) is 58.3 Å². The smallest absolute Gasteiger partial charge is 0.399 e. The maximum atomic E-state index is 9.23. The molecule has 0 aliphatic carbocycles. The molecular formula is C19H30BNO3. The molecule has 1 N–H and O–H groups in total. The van der Waals surface area contributed by atoms with Crippen LogP contribution in [0.4, 0.5) is 0 Å². The second-order valence-corrected chi connectivity index (χ2v) is 8.23. The van der Waals surface area contributed by atoms with Gasteiger partial charge in [0.2, 0.25) is 0 Å². The van der Waals surface area contributed by atoms with Crippen LogP contribution in [0.25, 0.3) is 0 Å². The highest BCUT2D eigenvalue weighted by Gasteiger charge is 2.51. The predicted octanol–water partition coefficient (Wildman–Crippen LogP) is 2.19. The second kappa shape index (κ2) is 6.79. The van der Waals surface area contributed by atoms with Gasteiger partial charge in [-0.15, -0.1) is 0 Å². The molecule has 2 aliphatic heterocycles. The van der Waals surface area contributed by atoms with Crippen LogP contribution in [0.2, 0.25) is 0 Å². The van der Waals surface area contributed by atoms with Gasteiger partial charge in [-0.3, -0.25) is 4.90 Å². The number of aliphatic hydroxyl groups excluding tert-OH is 1. The monoisotopic (exact) mass is 331 g/mol. The first-order valence-corrected chi connectivity index (χ1v) is 9.08. The Kier molecular flexibility index (Phi) is 5.08. The largest absolute Gasteiger partial charge is 0.494 e. The van der Waals surface area contributed by atoms with Gasteiger partial charge < -0.3 is 14.4 Å². The molecule has 1 aromatic rings. The molecule has 2 heterocycles. The van der Waals surface area contributed by atoms with Crippen molar-refractivity contribution in [3.05, 3.63) is 29.8 Å². The standard InChI is InChI=1S/C19H30BNO3/c1-18(2)19(3,4)24-20(23-18)17-7-5-15(6-8-17)13-21-11-9-16(14-22)10-12-21/h5-8,16,22H,9-14H2,1-4H3. The molecule has 0 aromatic heterocycles. The third-order valence-electron chi connectivity index (χ3n) is 5.88. The highest BCUT2D eigenvalue weighted by molar-refractivity contribution is 6.62. The minimum Gasteiger partial charge on any atom is -0.399 e. The molecule has 1 aromatic carbocycles. The summed E-state index contributed by atoms with van der Waals surface area (Å²) in [5, 5.41) is 9.23. The molecule has 5 heteroatoms. The molecule has 2 aliphatic rings. The summed E-state index contributed by atoms with van der Waals surface area (Å²) in [6, 6.07) is 8.60. The third-order valence-corrected chi connectivity index (χ3v) is 5.88. The molecule has 0 radical (unpaired) electrons. The maximum absolute atomic E-state index is 9.23. The average molecular weight is 331 g/mol. The fraction of sp³-hybridized carbons (Fsp3) is 0.684. The van der Waals surface area contributed by atoms with Gasteiger partial charge >= 0.3 is 7.12 Å². The van der Waals surface area contributed by atoms with Crippen LogP contribution in [-0.4, -0.2) is 48.0 Å². The van der Waals surface area contributed by atoms with E-state index in [4.69, 9.17) is 9.31 Å². The van der Waals surface area contributed by atoms with Gasteiger partial charge in [-0.05, 0) is 70.6 Å². The lowest BCUT2D eigenvalue weighted by atomic mass is 9.79. The van der Waals surface area contributed by atoms with Crippen molar-refractivity contribution in [3.63, 3.8) is 0 Å². The number of aliphatic hydroxyl groups is 1. The molecule has 0 spiro atoms. The zero-order valence-corrected chi connectivity index (χ0v) is 15.4. The van der Waals surface area contributed by atoms with Crippen molar-refractivity contribution < 1.29 is 14.4 Å². The molecule has 3 rings (SSSR count).